The molecule has 0 spiro atoms. The van der Waals surface area contributed by atoms with E-state index in [1.54, 1.807) is 6.20 Å². The predicted octanol–water partition coefficient (Wildman–Crippen LogP) is 2.00. The van der Waals surface area contributed by atoms with Crippen molar-refractivity contribution in [3.63, 3.8) is 0 Å². The lowest BCUT2D eigenvalue weighted by Gasteiger charge is -2.26. The summed E-state index contributed by atoms with van der Waals surface area (Å²) < 4.78 is 5.83. The van der Waals surface area contributed by atoms with E-state index in [9.17, 15) is 0 Å². The number of nitrogen functional groups attached to an aromatic ring is 1. The molecule has 0 aliphatic rings. The number of hydrogen-bond donors (Lipinski definition) is 2. The van der Waals surface area contributed by atoms with Crippen molar-refractivity contribution in [3.8, 4) is 0 Å². The summed E-state index contributed by atoms with van der Waals surface area (Å²) in [6, 6.07) is 4.25. The first kappa shape index (κ1) is 14.9. The molecule has 0 aromatic carbocycles. The van der Waals surface area contributed by atoms with E-state index in [1.165, 1.54) is 5.56 Å². The van der Waals surface area contributed by atoms with Gasteiger partial charge in [0.25, 0.3) is 0 Å². The van der Waals surface area contributed by atoms with Gasteiger partial charge in [-0.1, -0.05) is 13.3 Å². The largest absolute Gasteiger partial charge is 0.384 e. The minimum Gasteiger partial charge on any atom is -0.384 e. The highest BCUT2D eigenvalue weighted by Crippen LogP contribution is 2.14. The molecule has 1 heterocycles. The first-order chi connectivity index (χ1) is 8.71. The van der Waals surface area contributed by atoms with Crippen LogP contribution in [0.15, 0.2) is 18.3 Å². The second-order valence-corrected chi connectivity index (χ2v) is 4.47. The number of nitrogens with two attached hydrogens (primary N) is 1. The molecule has 0 fully saturated rings. The molecular formula is C14H25N3O. The number of anilines is 1. The van der Waals surface area contributed by atoms with Gasteiger partial charge in [-0.15, -0.1) is 0 Å². The molecule has 0 radical (unpaired) electrons. The molecular weight excluding hydrogens is 226 g/mol. The molecule has 3 N–H and O–H groups in total. The molecule has 0 bridgehead atoms. The van der Waals surface area contributed by atoms with Crippen LogP contribution < -0.4 is 11.1 Å². The van der Waals surface area contributed by atoms with Gasteiger partial charge in [0.05, 0.1) is 6.10 Å². The first-order valence-corrected chi connectivity index (χ1v) is 6.70. The minimum absolute atomic E-state index is 0.249. The van der Waals surface area contributed by atoms with Crippen LogP contribution in [0.25, 0.3) is 0 Å². The number of hydrogen-bond acceptors (Lipinski definition) is 4. The molecule has 0 saturated heterocycles. The second kappa shape index (κ2) is 8.06. The predicted molar refractivity (Wildman–Crippen MR) is 75.5 cm³/mol. The summed E-state index contributed by atoms with van der Waals surface area (Å²) >= 11 is 0. The molecule has 2 atom stereocenters. The third-order valence-corrected chi connectivity index (χ3v) is 3.07. The number of rotatable bonds is 8. The quantitative estimate of drug-likeness (QED) is 0.742. The van der Waals surface area contributed by atoms with Crippen molar-refractivity contribution >= 4 is 5.82 Å². The van der Waals surface area contributed by atoms with Crippen molar-refractivity contribution < 1.29 is 4.74 Å². The zero-order valence-electron chi connectivity index (χ0n) is 11.6. The molecule has 4 heteroatoms. The van der Waals surface area contributed by atoms with E-state index >= 15 is 0 Å². The van der Waals surface area contributed by atoms with Crippen LogP contribution in [0.5, 0.6) is 0 Å². The highest BCUT2D eigenvalue weighted by atomic mass is 16.5. The van der Waals surface area contributed by atoms with Crippen LogP contribution in [-0.4, -0.2) is 30.8 Å². The second-order valence-electron chi connectivity index (χ2n) is 4.47. The van der Waals surface area contributed by atoms with Gasteiger partial charge in [0.2, 0.25) is 0 Å². The Hall–Kier alpha value is -1.13. The normalized spacial score (nSPS) is 14.4. The van der Waals surface area contributed by atoms with Crippen molar-refractivity contribution in [3.05, 3.63) is 23.9 Å². The van der Waals surface area contributed by atoms with Gasteiger partial charge in [0.1, 0.15) is 5.82 Å². The lowest BCUT2D eigenvalue weighted by atomic mass is 9.99. The Kier molecular flexibility index (Phi) is 6.68. The number of pyridine rings is 1. The molecule has 4 nitrogen and oxygen atoms in total. The summed E-state index contributed by atoms with van der Waals surface area (Å²) in [5.74, 6) is 0.575. The van der Waals surface area contributed by atoms with Crippen LogP contribution in [-0.2, 0) is 11.2 Å². The van der Waals surface area contributed by atoms with E-state index in [4.69, 9.17) is 10.5 Å². The Labute approximate surface area is 110 Å². The fourth-order valence-corrected chi connectivity index (χ4v) is 2.19. The monoisotopic (exact) mass is 251 g/mol. The topological polar surface area (TPSA) is 60.2 Å². The first-order valence-electron chi connectivity index (χ1n) is 6.70. The summed E-state index contributed by atoms with van der Waals surface area (Å²) in [5, 5.41) is 3.35. The van der Waals surface area contributed by atoms with Crippen molar-refractivity contribution in [2.75, 3.05) is 19.4 Å². The molecule has 0 amide bonds. The van der Waals surface area contributed by atoms with Crippen molar-refractivity contribution in [2.24, 2.45) is 0 Å². The summed E-state index contributed by atoms with van der Waals surface area (Å²) in [6.45, 7) is 4.98. The lowest BCUT2D eigenvalue weighted by molar-refractivity contribution is 0.0301. The molecule has 0 aliphatic heterocycles. The molecule has 0 aliphatic carbocycles. The fourth-order valence-electron chi connectivity index (χ4n) is 2.19. The average molecular weight is 251 g/mol. The number of likely N-dealkylation sites (N-methyl/N-ethyl adjacent to an activating group) is 1. The van der Waals surface area contributed by atoms with Crippen LogP contribution in [0, 0.1) is 0 Å². The van der Waals surface area contributed by atoms with Crippen LogP contribution in [0.3, 0.4) is 0 Å². The third kappa shape index (κ3) is 4.63. The Balaban J connectivity index is 2.69. The fraction of sp³-hybridized carbons (Fsp3) is 0.643. The van der Waals surface area contributed by atoms with Crippen LogP contribution in [0.1, 0.15) is 32.3 Å². The molecule has 2 unspecified atom stereocenters. The Morgan fingerprint density at radius 1 is 1.44 bits per heavy atom. The Morgan fingerprint density at radius 2 is 2.22 bits per heavy atom. The van der Waals surface area contributed by atoms with Gasteiger partial charge in [0.15, 0.2) is 0 Å². The molecule has 1 aromatic rings. The maximum atomic E-state index is 5.83. The zero-order chi connectivity index (χ0) is 13.4. The highest BCUT2D eigenvalue weighted by molar-refractivity contribution is 5.32. The van der Waals surface area contributed by atoms with Gasteiger partial charge in [-0.2, -0.15) is 0 Å². The lowest BCUT2D eigenvalue weighted by Crippen LogP contribution is -2.41. The molecule has 1 aromatic heterocycles. The molecule has 102 valence electrons. The molecule has 1 rings (SSSR count). The van der Waals surface area contributed by atoms with Gasteiger partial charge >= 0.3 is 0 Å². The molecule has 18 heavy (non-hydrogen) atoms. The smallest absolute Gasteiger partial charge is 0.123 e. The minimum atomic E-state index is 0.249. The van der Waals surface area contributed by atoms with Gasteiger partial charge < -0.3 is 15.8 Å². The SMILES string of the molecule is CCCC(OCC)C(Cc1ccnc(N)c1)NC. The van der Waals surface area contributed by atoms with Crippen LogP contribution in [0.2, 0.25) is 0 Å². The number of aromatic nitrogens is 1. The maximum Gasteiger partial charge on any atom is 0.123 e. The summed E-state index contributed by atoms with van der Waals surface area (Å²) in [5.41, 5.74) is 6.90. The van der Waals surface area contributed by atoms with E-state index in [0.29, 0.717) is 11.9 Å². The third-order valence-electron chi connectivity index (χ3n) is 3.07. The summed E-state index contributed by atoms with van der Waals surface area (Å²) in [4.78, 5) is 4.02. The van der Waals surface area contributed by atoms with Gasteiger partial charge in [0, 0.05) is 18.8 Å². The van der Waals surface area contributed by atoms with E-state index in [0.717, 1.165) is 25.9 Å². The van der Waals surface area contributed by atoms with Crippen LogP contribution >= 0.6 is 0 Å². The van der Waals surface area contributed by atoms with E-state index in [2.05, 4.69) is 17.2 Å². The molecule has 0 saturated carbocycles. The maximum absolute atomic E-state index is 5.83. The van der Waals surface area contributed by atoms with Crippen molar-refractivity contribution in [2.45, 2.75) is 45.3 Å². The van der Waals surface area contributed by atoms with Gasteiger partial charge in [-0.25, -0.2) is 4.98 Å². The Morgan fingerprint density at radius 3 is 2.78 bits per heavy atom. The number of nitrogens with one attached hydrogen (secondary N) is 1. The number of ether oxygens (including phenoxy) is 1. The number of nitrogens with zero attached hydrogens (tertiary/aromatic N) is 1. The summed E-state index contributed by atoms with van der Waals surface area (Å²) in [6.07, 6.45) is 5.11. The summed E-state index contributed by atoms with van der Waals surface area (Å²) in [7, 11) is 1.98. The van der Waals surface area contributed by atoms with E-state index in [-0.39, 0.29) is 6.10 Å². The average Bonchev–Trinajstić information content (AvgIpc) is 2.36. The zero-order valence-corrected chi connectivity index (χ0v) is 11.6. The Bertz CT molecular complexity index is 338. The highest BCUT2D eigenvalue weighted by Gasteiger charge is 2.19. The van der Waals surface area contributed by atoms with E-state index in [1.807, 2.05) is 26.1 Å². The van der Waals surface area contributed by atoms with Crippen LogP contribution in [0.4, 0.5) is 5.82 Å². The van der Waals surface area contributed by atoms with Gasteiger partial charge in [-0.05, 0) is 44.5 Å². The van der Waals surface area contributed by atoms with Crippen molar-refractivity contribution in [1.82, 2.24) is 10.3 Å². The van der Waals surface area contributed by atoms with Crippen molar-refractivity contribution in [1.29, 1.82) is 0 Å². The van der Waals surface area contributed by atoms with Gasteiger partial charge in [-0.3, -0.25) is 0 Å². The van der Waals surface area contributed by atoms with E-state index < -0.39 is 0 Å². The standard InChI is InChI=1S/C14H25N3O/c1-4-6-13(18-5-2)12(16-3)9-11-7-8-17-14(15)10-11/h7-8,10,12-13,16H,4-6,9H2,1-3H3,(H2,15,17).